The van der Waals surface area contributed by atoms with Crippen molar-refractivity contribution in [3.63, 3.8) is 0 Å². The molecule has 1 N–H and O–H groups in total. The zero-order chi connectivity index (χ0) is 18.8. The number of hydrogen-bond acceptors (Lipinski definition) is 3. The van der Waals surface area contributed by atoms with Crippen molar-refractivity contribution in [3.8, 4) is 11.3 Å². The minimum absolute atomic E-state index is 0.136. The second kappa shape index (κ2) is 6.95. The van der Waals surface area contributed by atoms with Crippen molar-refractivity contribution < 1.29 is 13.6 Å². The van der Waals surface area contributed by atoms with Gasteiger partial charge < -0.3 is 5.32 Å². The molecule has 0 aliphatic heterocycles. The molecule has 27 heavy (non-hydrogen) atoms. The third kappa shape index (κ3) is 3.67. The molecule has 0 fully saturated rings. The highest BCUT2D eigenvalue weighted by molar-refractivity contribution is 5.92. The number of hydrogen-bond donors (Lipinski definition) is 1. The molecule has 0 unspecified atom stereocenters. The Bertz CT molecular complexity index is 1110. The van der Waals surface area contributed by atoms with Crippen LogP contribution in [0.5, 0.6) is 0 Å². The number of carbonyl (C=O) groups excluding carboxylic acids is 1. The Labute approximate surface area is 153 Å². The maximum absolute atomic E-state index is 13.7. The molecule has 134 valence electrons. The normalized spacial score (nSPS) is 10.9. The monoisotopic (exact) mass is 364 g/mol. The number of nitrogens with one attached hydrogen (secondary N) is 1. The predicted octanol–water partition coefficient (Wildman–Crippen LogP) is 3.86. The molecule has 0 aliphatic carbocycles. The lowest BCUT2D eigenvalue weighted by atomic mass is 10.1. The molecule has 5 nitrogen and oxygen atoms in total. The van der Waals surface area contributed by atoms with E-state index in [9.17, 15) is 13.6 Å². The summed E-state index contributed by atoms with van der Waals surface area (Å²) in [6.07, 6.45) is 5.17. The van der Waals surface area contributed by atoms with E-state index in [2.05, 4.69) is 15.3 Å². The van der Waals surface area contributed by atoms with Crippen molar-refractivity contribution in [2.45, 2.75) is 6.42 Å². The molecule has 2 aromatic carbocycles. The third-order valence-electron chi connectivity index (χ3n) is 4.04. The van der Waals surface area contributed by atoms with Crippen molar-refractivity contribution in [1.82, 2.24) is 14.4 Å². The van der Waals surface area contributed by atoms with E-state index in [1.807, 2.05) is 24.5 Å². The van der Waals surface area contributed by atoms with Gasteiger partial charge in [0.2, 0.25) is 11.7 Å². The molecule has 0 saturated carbocycles. The Morgan fingerprint density at radius 1 is 1.11 bits per heavy atom. The first kappa shape index (κ1) is 16.8. The molecular weight excluding hydrogens is 350 g/mol. The lowest BCUT2D eigenvalue weighted by molar-refractivity contribution is -0.115. The Hall–Kier alpha value is -3.61. The predicted molar refractivity (Wildman–Crippen MR) is 97.1 cm³/mol. The van der Waals surface area contributed by atoms with Crippen molar-refractivity contribution in [2.24, 2.45) is 0 Å². The highest BCUT2D eigenvalue weighted by atomic mass is 19.1. The minimum Gasteiger partial charge on any atom is -0.326 e. The van der Waals surface area contributed by atoms with Crippen LogP contribution in [0.2, 0.25) is 0 Å². The largest absolute Gasteiger partial charge is 0.326 e. The van der Waals surface area contributed by atoms with Crippen LogP contribution >= 0.6 is 0 Å². The molecule has 0 bridgehead atoms. The maximum Gasteiger partial charge on any atom is 0.234 e. The van der Waals surface area contributed by atoms with Gasteiger partial charge in [0.1, 0.15) is 11.6 Å². The van der Waals surface area contributed by atoms with E-state index in [1.165, 1.54) is 6.07 Å². The molecule has 2 aromatic heterocycles. The number of carbonyl (C=O) groups is 1. The van der Waals surface area contributed by atoms with E-state index in [1.54, 1.807) is 28.8 Å². The molecule has 7 heteroatoms. The number of halogens is 2. The topological polar surface area (TPSA) is 59.3 Å². The molecule has 0 radical (unpaired) electrons. The molecule has 0 atom stereocenters. The van der Waals surface area contributed by atoms with E-state index in [4.69, 9.17) is 0 Å². The lowest BCUT2D eigenvalue weighted by Gasteiger charge is -2.07. The molecule has 0 aliphatic rings. The summed E-state index contributed by atoms with van der Waals surface area (Å²) in [4.78, 5) is 20.8. The Kier molecular flexibility index (Phi) is 4.33. The zero-order valence-electron chi connectivity index (χ0n) is 14.1. The van der Waals surface area contributed by atoms with Crippen LogP contribution < -0.4 is 5.32 Å². The zero-order valence-corrected chi connectivity index (χ0v) is 14.1. The standard InChI is InChI=1S/C20H14F2N4O/c21-15-6-5-13(17(22)11-15)10-19(27)24-16-4-1-3-14(9-16)18-12-26-8-2-7-23-20(26)25-18/h1-9,11-12H,10H2,(H,24,27). The van der Waals surface area contributed by atoms with Gasteiger partial charge in [0.15, 0.2) is 0 Å². The minimum atomic E-state index is -0.740. The van der Waals surface area contributed by atoms with Gasteiger partial charge in [-0.25, -0.2) is 18.7 Å². The molecule has 1 amide bonds. The molecule has 4 aromatic rings. The second-order valence-electron chi connectivity index (χ2n) is 5.99. The fraction of sp³-hybridized carbons (Fsp3) is 0.0500. The summed E-state index contributed by atoms with van der Waals surface area (Å²) in [5.74, 6) is -1.23. The van der Waals surface area contributed by atoms with E-state index in [0.717, 1.165) is 23.4 Å². The third-order valence-corrected chi connectivity index (χ3v) is 4.04. The number of nitrogens with zero attached hydrogens (tertiary/aromatic N) is 3. The van der Waals surface area contributed by atoms with Crippen LogP contribution in [0.3, 0.4) is 0 Å². The van der Waals surface area contributed by atoms with Crippen LogP contribution in [0.25, 0.3) is 17.0 Å². The summed E-state index contributed by atoms with van der Waals surface area (Å²) in [6.45, 7) is 0. The number of anilines is 1. The number of fused-ring (bicyclic) bond motifs is 1. The Morgan fingerprint density at radius 3 is 2.81 bits per heavy atom. The summed E-state index contributed by atoms with van der Waals surface area (Å²) >= 11 is 0. The van der Waals surface area contributed by atoms with Crippen LogP contribution in [-0.2, 0) is 11.2 Å². The van der Waals surface area contributed by atoms with Gasteiger partial charge >= 0.3 is 0 Å². The Morgan fingerprint density at radius 2 is 2.00 bits per heavy atom. The molecule has 0 saturated heterocycles. The van der Waals surface area contributed by atoms with E-state index in [-0.39, 0.29) is 12.0 Å². The number of imidazole rings is 1. The molecule has 0 spiro atoms. The van der Waals surface area contributed by atoms with Crippen LogP contribution in [0, 0.1) is 11.6 Å². The molecule has 4 rings (SSSR count). The summed E-state index contributed by atoms with van der Waals surface area (Å²) in [6, 6.07) is 12.1. The highest BCUT2D eigenvalue weighted by Gasteiger charge is 2.11. The smallest absolute Gasteiger partial charge is 0.234 e. The van der Waals surface area contributed by atoms with Crippen molar-refractivity contribution in [2.75, 3.05) is 5.32 Å². The van der Waals surface area contributed by atoms with Crippen molar-refractivity contribution in [3.05, 3.63) is 84.3 Å². The van der Waals surface area contributed by atoms with E-state index < -0.39 is 17.5 Å². The van der Waals surface area contributed by atoms with Crippen molar-refractivity contribution in [1.29, 1.82) is 0 Å². The van der Waals surface area contributed by atoms with Crippen LogP contribution in [0.1, 0.15) is 5.56 Å². The second-order valence-corrected chi connectivity index (χ2v) is 5.99. The van der Waals surface area contributed by atoms with Gasteiger partial charge in [0.05, 0.1) is 12.1 Å². The van der Waals surface area contributed by atoms with Crippen LogP contribution in [0.4, 0.5) is 14.5 Å². The first-order chi connectivity index (χ1) is 13.1. The fourth-order valence-electron chi connectivity index (χ4n) is 2.77. The number of amides is 1. The number of aromatic nitrogens is 3. The number of rotatable bonds is 4. The summed E-state index contributed by atoms with van der Waals surface area (Å²) < 4.78 is 28.5. The molecule has 2 heterocycles. The van der Waals surface area contributed by atoms with Gasteiger partial charge in [-0.15, -0.1) is 0 Å². The van der Waals surface area contributed by atoms with Gasteiger partial charge in [-0.3, -0.25) is 9.20 Å². The maximum atomic E-state index is 13.7. The quantitative estimate of drug-likeness (QED) is 0.598. The number of benzene rings is 2. The fourth-order valence-corrected chi connectivity index (χ4v) is 2.77. The average Bonchev–Trinajstić information content (AvgIpc) is 3.08. The lowest BCUT2D eigenvalue weighted by Crippen LogP contribution is -2.15. The van der Waals surface area contributed by atoms with Crippen molar-refractivity contribution >= 4 is 17.4 Å². The van der Waals surface area contributed by atoms with E-state index in [0.29, 0.717) is 11.5 Å². The SMILES string of the molecule is O=C(Cc1ccc(F)cc1F)Nc1cccc(-c2cn3cccnc3n2)c1. The Balaban J connectivity index is 1.53. The first-order valence-electron chi connectivity index (χ1n) is 8.22. The van der Waals surface area contributed by atoms with Crippen LogP contribution in [-0.4, -0.2) is 20.3 Å². The summed E-state index contributed by atoms with van der Waals surface area (Å²) in [7, 11) is 0. The van der Waals surface area contributed by atoms with E-state index >= 15 is 0 Å². The first-order valence-corrected chi connectivity index (χ1v) is 8.22. The highest BCUT2D eigenvalue weighted by Crippen LogP contribution is 2.22. The average molecular weight is 364 g/mol. The summed E-state index contributed by atoms with van der Waals surface area (Å²) in [5, 5.41) is 2.73. The van der Waals surface area contributed by atoms with Gasteiger partial charge in [0, 0.05) is 35.9 Å². The molecular formula is C20H14F2N4O. The van der Waals surface area contributed by atoms with Crippen LogP contribution in [0.15, 0.2) is 67.1 Å². The van der Waals surface area contributed by atoms with Gasteiger partial charge in [-0.1, -0.05) is 18.2 Å². The van der Waals surface area contributed by atoms with Gasteiger partial charge in [0.25, 0.3) is 0 Å². The van der Waals surface area contributed by atoms with Gasteiger partial charge in [-0.2, -0.15) is 0 Å². The summed E-state index contributed by atoms with van der Waals surface area (Å²) in [5.41, 5.74) is 2.22. The van der Waals surface area contributed by atoms with Gasteiger partial charge in [-0.05, 0) is 29.8 Å².